The summed E-state index contributed by atoms with van der Waals surface area (Å²) in [4.78, 5) is -0.271. The second-order valence-corrected chi connectivity index (χ2v) is 6.76. The predicted molar refractivity (Wildman–Crippen MR) is 75.8 cm³/mol. The minimum atomic E-state index is -4.57. The normalized spacial score (nSPS) is 15.3. The standard InChI is InChI=1S/C14H21F2NO2S/c1-4-9-17-11(3)10(2)12-7-5-6-8-13(12)20(18,19)14(15)16/h5-8,10-11,14,17H,4,9H2,1-3H3. The number of hydrogen-bond donors (Lipinski definition) is 1. The van der Waals surface area contributed by atoms with E-state index >= 15 is 0 Å². The number of benzene rings is 1. The third-order valence-electron chi connectivity index (χ3n) is 3.42. The molecule has 6 heteroatoms. The van der Waals surface area contributed by atoms with E-state index in [1.807, 2.05) is 20.8 Å². The van der Waals surface area contributed by atoms with Crippen LogP contribution in [0.4, 0.5) is 8.78 Å². The Kier molecular flexibility index (Phi) is 6.07. The molecule has 0 aromatic heterocycles. The Labute approximate surface area is 119 Å². The highest BCUT2D eigenvalue weighted by atomic mass is 32.2. The first-order chi connectivity index (χ1) is 9.32. The molecule has 2 atom stereocenters. The molecule has 1 aromatic carbocycles. The molecule has 0 aliphatic heterocycles. The van der Waals surface area contributed by atoms with Crippen LogP contribution in [-0.2, 0) is 9.84 Å². The largest absolute Gasteiger partial charge is 0.341 e. The molecule has 0 fully saturated rings. The van der Waals surface area contributed by atoms with Gasteiger partial charge in [0, 0.05) is 6.04 Å². The van der Waals surface area contributed by atoms with Crippen LogP contribution in [-0.4, -0.2) is 26.8 Å². The maximum Gasteiger partial charge on any atom is 0.341 e. The van der Waals surface area contributed by atoms with E-state index in [0.29, 0.717) is 5.56 Å². The van der Waals surface area contributed by atoms with Gasteiger partial charge in [-0.2, -0.15) is 8.78 Å². The van der Waals surface area contributed by atoms with Crippen molar-refractivity contribution in [1.82, 2.24) is 5.32 Å². The van der Waals surface area contributed by atoms with E-state index < -0.39 is 15.6 Å². The van der Waals surface area contributed by atoms with Gasteiger partial charge in [0.2, 0.25) is 9.84 Å². The van der Waals surface area contributed by atoms with Gasteiger partial charge in [0.15, 0.2) is 0 Å². The van der Waals surface area contributed by atoms with Gasteiger partial charge in [-0.3, -0.25) is 0 Å². The molecule has 1 rings (SSSR count). The molecule has 1 N–H and O–H groups in total. The maximum atomic E-state index is 12.7. The average Bonchev–Trinajstić information content (AvgIpc) is 2.43. The minimum Gasteiger partial charge on any atom is -0.314 e. The van der Waals surface area contributed by atoms with Gasteiger partial charge in [0.1, 0.15) is 0 Å². The quantitative estimate of drug-likeness (QED) is 0.841. The Morgan fingerprint density at radius 1 is 1.20 bits per heavy atom. The zero-order chi connectivity index (χ0) is 15.3. The van der Waals surface area contributed by atoms with Crippen LogP contribution in [0.1, 0.15) is 38.7 Å². The van der Waals surface area contributed by atoms with E-state index in [0.717, 1.165) is 13.0 Å². The molecular formula is C14H21F2NO2S. The van der Waals surface area contributed by atoms with Crippen LogP contribution in [0, 0.1) is 0 Å². The smallest absolute Gasteiger partial charge is 0.314 e. The lowest BCUT2D eigenvalue weighted by atomic mass is 9.94. The average molecular weight is 305 g/mol. The van der Waals surface area contributed by atoms with Crippen LogP contribution in [0.2, 0.25) is 0 Å². The first-order valence-electron chi connectivity index (χ1n) is 6.66. The fourth-order valence-electron chi connectivity index (χ4n) is 2.03. The highest BCUT2D eigenvalue weighted by Crippen LogP contribution is 2.29. The first-order valence-corrected chi connectivity index (χ1v) is 8.21. The molecule has 0 radical (unpaired) electrons. The van der Waals surface area contributed by atoms with E-state index in [1.165, 1.54) is 12.1 Å². The van der Waals surface area contributed by atoms with E-state index in [2.05, 4.69) is 5.32 Å². The van der Waals surface area contributed by atoms with E-state index in [1.54, 1.807) is 12.1 Å². The van der Waals surface area contributed by atoms with Gasteiger partial charge in [0.05, 0.1) is 4.90 Å². The Balaban J connectivity index is 3.14. The van der Waals surface area contributed by atoms with Gasteiger partial charge in [0.25, 0.3) is 0 Å². The summed E-state index contributed by atoms with van der Waals surface area (Å²) in [6.07, 6.45) is 0.952. The Morgan fingerprint density at radius 2 is 1.80 bits per heavy atom. The molecule has 0 saturated heterocycles. The van der Waals surface area contributed by atoms with Crippen molar-refractivity contribution in [3.8, 4) is 0 Å². The fraction of sp³-hybridized carbons (Fsp3) is 0.571. The van der Waals surface area contributed by atoms with Gasteiger partial charge >= 0.3 is 5.76 Å². The Hall–Kier alpha value is -1.01. The summed E-state index contributed by atoms with van der Waals surface area (Å²) < 4.78 is 48.9. The Morgan fingerprint density at radius 3 is 2.35 bits per heavy atom. The molecule has 0 heterocycles. The maximum absolute atomic E-state index is 12.7. The third-order valence-corrected chi connectivity index (χ3v) is 4.87. The van der Waals surface area contributed by atoms with Gasteiger partial charge in [-0.15, -0.1) is 0 Å². The summed E-state index contributed by atoms with van der Waals surface area (Å²) in [5, 5.41) is 3.26. The zero-order valence-corrected chi connectivity index (χ0v) is 12.8. The second-order valence-electron chi connectivity index (χ2n) is 4.87. The summed E-state index contributed by atoms with van der Waals surface area (Å²) in [6.45, 7) is 6.59. The number of sulfone groups is 1. The van der Waals surface area contributed by atoms with Gasteiger partial charge in [-0.05, 0) is 37.4 Å². The first kappa shape index (κ1) is 17.0. The second kappa shape index (κ2) is 7.13. The Bertz CT molecular complexity index is 532. The summed E-state index contributed by atoms with van der Waals surface area (Å²) >= 11 is 0. The van der Waals surface area contributed by atoms with E-state index in [-0.39, 0.29) is 16.9 Å². The van der Waals surface area contributed by atoms with Crippen molar-refractivity contribution in [2.75, 3.05) is 6.54 Å². The fourth-order valence-corrected chi connectivity index (χ4v) is 3.07. The summed E-state index contributed by atoms with van der Waals surface area (Å²) in [5.41, 5.74) is 0.434. The monoisotopic (exact) mass is 305 g/mol. The molecule has 20 heavy (non-hydrogen) atoms. The van der Waals surface area contributed by atoms with Crippen molar-refractivity contribution in [3.05, 3.63) is 29.8 Å². The lowest BCUT2D eigenvalue weighted by Crippen LogP contribution is -2.32. The van der Waals surface area contributed by atoms with Crippen molar-refractivity contribution < 1.29 is 17.2 Å². The van der Waals surface area contributed by atoms with Crippen LogP contribution in [0.15, 0.2) is 29.2 Å². The summed E-state index contributed by atoms with van der Waals surface area (Å²) in [7, 11) is -4.57. The molecular weight excluding hydrogens is 284 g/mol. The number of halogens is 2. The van der Waals surface area contributed by atoms with Crippen LogP contribution >= 0.6 is 0 Å². The van der Waals surface area contributed by atoms with E-state index in [9.17, 15) is 17.2 Å². The topological polar surface area (TPSA) is 46.2 Å². The molecule has 0 aliphatic carbocycles. The van der Waals surface area contributed by atoms with Gasteiger partial charge in [-0.1, -0.05) is 32.0 Å². The zero-order valence-electron chi connectivity index (χ0n) is 11.9. The molecule has 1 aromatic rings. The molecule has 3 nitrogen and oxygen atoms in total. The van der Waals surface area contributed by atoms with Crippen molar-refractivity contribution in [2.24, 2.45) is 0 Å². The number of nitrogens with one attached hydrogen (secondary N) is 1. The molecule has 0 bridgehead atoms. The van der Waals surface area contributed by atoms with Gasteiger partial charge in [-0.25, -0.2) is 8.42 Å². The van der Waals surface area contributed by atoms with E-state index in [4.69, 9.17) is 0 Å². The predicted octanol–water partition coefficient (Wildman–Crippen LogP) is 3.17. The van der Waals surface area contributed by atoms with Crippen molar-refractivity contribution in [2.45, 2.75) is 49.8 Å². The highest BCUT2D eigenvalue weighted by Gasteiger charge is 2.31. The van der Waals surface area contributed by atoms with Crippen molar-refractivity contribution >= 4 is 9.84 Å². The van der Waals surface area contributed by atoms with Gasteiger partial charge < -0.3 is 5.32 Å². The molecule has 2 unspecified atom stereocenters. The van der Waals surface area contributed by atoms with Crippen molar-refractivity contribution in [3.63, 3.8) is 0 Å². The summed E-state index contributed by atoms with van der Waals surface area (Å²) in [5.74, 6) is -3.57. The molecule has 0 spiro atoms. The molecule has 0 amide bonds. The van der Waals surface area contributed by atoms with Crippen LogP contribution in [0.5, 0.6) is 0 Å². The molecule has 114 valence electrons. The third kappa shape index (κ3) is 3.76. The number of rotatable bonds is 7. The number of hydrogen-bond acceptors (Lipinski definition) is 3. The lowest BCUT2D eigenvalue weighted by Gasteiger charge is -2.23. The molecule has 0 aliphatic rings. The lowest BCUT2D eigenvalue weighted by molar-refractivity contribution is 0.234. The van der Waals surface area contributed by atoms with Crippen LogP contribution < -0.4 is 5.32 Å². The number of alkyl halides is 2. The van der Waals surface area contributed by atoms with Crippen LogP contribution in [0.25, 0.3) is 0 Å². The van der Waals surface area contributed by atoms with Crippen LogP contribution in [0.3, 0.4) is 0 Å². The van der Waals surface area contributed by atoms with Crippen molar-refractivity contribution in [1.29, 1.82) is 0 Å². The highest BCUT2D eigenvalue weighted by molar-refractivity contribution is 7.91. The molecule has 0 saturated carbocycles. The summed E-state index contributed by atoms with van der Waals surface area (Å²) in [6, 6.07) is 5.99. The minimum absolute atomic E-state index is 0.00368. The SMILES string of the molecule is CCCNC(C)C(C)c1ccccc1S(=O)(=O)C(F)F.